The Labute approximate surface area is 118 Å². The molecule has 19 heavy (non-hydrogen) atoms. The molecule has 0 aliphatic heterocycles. The molecule has 0 spiro atoms. The average molecular weight is 269 g/mol. The third-order valence-corrected chi connectivity index (χ3v) is 4.04. The van der Waals surface area contributed by atoms with Crippen LogP contribution in [0.1, 0.15) is 53.4 Å². The van der Waals surface area contributed by atoms with Crippen LogP contribution >= 0.6 is 0 Å². The molecule has 112 valence electrons. The number of hydrogen-bond acceptors (Lipinski definition) is 3. The highest BCUT2D eigenvalue weighted by molar-refractivity contribution is 5.81. The molecule has 1 saturated carbocycles. The van der Waals surface area contributed by atoms with Crippen LogP contribution < -0.4 is 10.6 Å². The molecule has 1 amide bonds. The normalized spacial score (nSPS) is 20.1. The van der Waals surface area contributed by atoms with Gasteiger partial charge in [0.05, 0.1) is 6.04 Å². The van der Waals surface area contributed by atoms with Crippen molar-refractivity contribution in [2.75, 3.05) is 13.6 Å². The highest BCUT2D eigenvalue weighted by atomic mass is 16.2. The second-order valence-corrected chi connectivity index (χ2v) is 6.07. The highest BCUT2D eigenvalue weighted by Gasteiger charge is 2.29. The van der Waals surface area contributed by atoms with Crippen LogP contribution in [0.15, 0.2) is 0 Å². The summed E-state index contributed by atoms with van der Waals surface area (Å²) >= 11 is 0. The van der Waals surface area contributed by atoms with Gasteiger partial charge in [0.15, 0.2) is 0 Å². The van der Waals surface area contributed by atoms with Gasteiger partial charge in [0, 0.05) is 24.7 Å². The second kappa shape index (κ2) is 7.85. The van der Waals surface area contributed by atoms with Crippen LogP contribution in [0, 0.1) is 0 Å². The molecule has 0 bridgehead atoms. The molecule has 0 heterocycles. The summed E-state index contributed by atoms with van der Waals surface area (Å²) in [7, 11) is 2.18. The van der Waals surface area contributed by atoms with Crippen LogP contribution in [0.2, 0.25) is 0 Å². The monoisotopic (exact) mass is 269 g/mol. The van der Waals surface area contributed by atoms with E-state index in [1.54, 1.807) is 0 Å². The molecule has 0 saturated heterocycles. The Morgan fingerprint density at radius 3 is 2.47 bits per heavy atom. The molecule has 0 aromatic heterocycles. The second-order valence-electron chi connectivity index (χ2n) is 6.07. The molecule has 1 aliphatic carbocycles. The van der Waals surface area contributed by atoms with E-state index in [9.17, 15) is 4.79 Å². The van der Waals surface area contributed by atoms with Gasteiger partial charge in [-0.25, -0.2) is 0 Å². The Bertz CT molecular complexity index is 279. The van der Waals surface area contributed by atoms with Crippen LogP contribution in [0.5, 0.6) is 0 Å². The van der Waals surface area contributed by atoms with Crippen molar-refractivity contribution in [3.63, 3.8) is 0 Å². The zero-order chi connectivity index (χ0) is 14.4. The third-order valence-electron chi connectivity index (χ3n) is 4.04. The fourth-order valence-electron chi connectivity index (χ4n) is 2.30. The first-order valence-electron chi connectivity index (χ1n) is 7.71. The predicted molar refractivity (Wildman–Crippen MR) is 80.2 cm³/mol. The molecule has 1 aliphatic rings. The minimum absolute atomic E-state index is 0.113. The van der Waals surface area contributed by atoms with Gasteiger partial charge in [-0.05, 0) is 47.1 Å². The van der Waals surface area contributed by atoms with Gasteiger partial charge in [0.1, 0.15) is 0 Å². The van der Waals surface area contributed by atoms with Gasteiger partial charge in [-0.1, -0.05) is 13.3 Å². The Balaban J connectivity index is 2.21. The number of carbonyl (C=O) groups is 1. The van der Waals surface area contributed by atoms with Crippen LogP contribution in [-0.2, 0) is 4.79 Å². The van der Waals surface area contributed by atoms with Gasteiger partial charge in [0.25, 0.3) is 0 Å². The molecule has 1 rings (SSSR count). The number of carbonyl (C=O) groups excluding carboxylic acids is 1. The lowest BCUT2D eigenvalue weighted by Gasteiger charge is -2.26. The minimum Gasteiger partial charge on any atom is -0.352 e. The van der Waals surface area contributed by atoms with E-state index in [4.69, 9.17) is 0 Å². The van der Waals surface area contributed by atoms with E-state index in [2.05, 4.69) is 43.4 Å². The Hall–Kier alpha value is -0.610. The van der Waals surface area contributed by atoms with E-state index in [0.717, 1.165) is 25.4 Å². The van der Waals surface area contributed by atoms with Crippen LogP contribution in [0.3, 0.4) is 0 Å². The molecule has 3 atom stereocenters. The third kappa shape index (κ3) is 5.91. The first-order valence-corrected chi connectivity index (χ1v) is 7.71. The molecule has 0 aromatic carbocycles. The maximum absolute atomic E-state index is 12.0. The fourth-order valence-corrected chi connectivity index (χ4v) is 2.30. The molecule has 3 unspecified atom stereocenters. The number of nitrogens with one attached hydrogen (secondary N) is 2. The van der Waals surface area contributed by atoms with Gasteiger partial charge in [-0.2, -0.15) is 0 Å². The van der Waals surface area contributed by atoms with Crippen molar-refractivity contribution >= 4 is 5.91 Å². The van der Waals surface area contributed by atoms with E-state index in [1.807, 2.05) is 6.92 Å². The summed E-state index contributed by atoms with van der Waals surface area (Å²) in [5.41, 5.74) is 0. The van der Waals surface area contributed by atoms with Gasteiger partial charge in [-0.15, -0.1) is 0 Å². The highest BCUT2D eigenvalue weighted by Crippen LogP contribution is 2.26. The first kappa shape index (κ1) is 16.4. The topological polar surface area (TPSA) is 44.4 Å². The zero-order valence-corrected chi connectivity index (χ0v) is 13.2. The summed E-state index contributed by atoms with van der Waals surface area (Å²) in [6.07, 6.45) is 4.79. The number of likely N-dealkylation sites (N-methyl/N-ethyl adjacent to an activating group) is 1. The van der Waals surface area contributed by atoms with Crippen molar-refractivity contribution in [1.29, 1.82) is 0 Å². The number of nitrogens with zero attached hydrogens (tertiary/aromatic N) is 1. The maximum Gasteiger partial charge on any atom is 0.237 e. The van der Waals surface area contributed by atoms with E-state index < -0.39 is 0 Å². The molecule has 0 radical (unpaired) electrons. The van der Waals surface area contributed by atoms with Gasteiger partial charge < -0.3 is 10.6 Å². The van der Waals surface area contributed by atoms with E-state index in [0.29, 0.717) is 6.04 Å². The fraction of sp³-hybridized carbons (Fsp3) is 0.933. The quantitative estimate of drug-likeness (QED) is 0.670. The molecule has 4 heteroatoms. The maximum atomic E-state index is 12.0. The van der Waals surface area contributed by atoms with Crippen LogP contribution in [0.25, 0.3) is 0 Å². The van der Waals surface area contributed by atoms with E-state index in [-0.39, 0.29) is 18.0 Å². The van der Waals surface area contributed by atoms with Gasteiger partial charge >= 0.3 is 0 Å². The van der Waals surface area contributed by atoms with E-state index in [1.165, 1.54) is 12.8 Å². The molecule has 0 aromatic rings. The minimum atomic E-state index is -0.116. The molecule has 4 nitrogen and oxygen atoms in total. The summed E-state index contributed by atoms with van der Waals surface area (Å²) in [4.78, 5) is 14.4. The summed E-state index contributed by atoms with van der Waals surface area (Å²) in [6.45, 7) is 9.23. The van der Waals surface area contributed by atoms with Gasteiger partial charge in [0.2, 0.25) is 5.91 Å². The number of amides is 1. The summed E-state index contributed by atoms with van der Waals surface area (Å²) in [6, 6.07) is 1.41. The standard InChI is InChI=1S/C15H31N3O/c1-6-7-11(2)17-15(19)13(4)16-10-12(3)18(5)14-8-9-14/h11-14,16H,6-10H2,1-5H3,(H,17,19). The van der Waals surface area contributed by atoms with Crippen molar-refractivity contribution in [3.05, 3.63) is 0 Å². The lowest BCUT2D eigenvalue weighted by Crippen LogP contribution is -2.49. The smallest absolute Gasteiger partial charge is 0.237 e. The van der Waals surface area contributed by atoms with Crippen molar-refractivity contribution < 1.29 is 4.79 Å². The van der Waals surface area contributed by atoms with E-state index >= 15 is 0 Å². The first-order chi connectivity index (χ1) is 8.95. The van der Waals surface area contributed by atoms with Gasteiger partial charge in [-0.3, -0.25) is 9.69 Å². The summed E-state index contributed by atoms with van der Waals surface area (Å²) < 4.78 is 0. The Morgan fingerprint density at radius 1 is 1.32 bits per heavy atom. The molecule has 2 N–H and O–H groups in total. The number of rotatable bonds is 9. The zero-order valence-electron chi connectivity index (χ0n) is 13.2. The number of hydrogen-bond donors (Lipinski definition) is 2. The summed E-state index contributed by atoms with van der Waals surface area (Å²) in [5, 5.41) is 6.39. The predicted octanol–water partition coefficient (Wildman–Crippen LogP) is 1.75. The van der Waals surface area contributed by atoms with Crippen molar-refractivity contribution in [2.24, 2.45) is 0 Å². The molecule has 1 fully saturated rings. The van der Waals surface area contributed by atoms with Crippen LogP contribution in [0.4, 0.5) is 0 Å². The molecular formula is C15H31N3O. The summed E-state index contributed by atoms with van der Waals surface area (Å²) in [5.74, 6) is 0.113. The lowest BCUT2D eigenvalue weighted by atomic mass is 10.2. The largest absolute Gasteiger partial charge is 0.352 e. The van der Waals surface area contributed by atoms with Crippen molar-refractivity contribution in [3.8, 4) is 0 Å². The Morgan fingerprint density at radius 2 is 1.95 bits per heavy atom. The van der Waals surface area contributed by atoms with Crippen molar-refractivity contribution in [2.45, 2.75) is 77.5 Å². The average Bonchev–Trinajstić information content (AvgIpc) is 3.18. The lowest BCUT2D eigenvalue weighted by molar-refractivity contribution is -0.123. The SMILES string of the molecule is CCCC(C)NC(=O)C(C)NCC(C)N(C)C1CC1. The van der Waals surface area contributed by atoms with Crippen molar-refractivity contribution in [1.82, 2.24) is 15.5 Å². The van der Waals surface area contributed by atoms with Crippen LogP contribution in [-0.4, -0.2) is 48.6 Å². The molecular weight excluding hydrogens is 238 g/mol. The Kier molecular flexibility index (Phi) is 6.80.